The van der Waals surface area contributed by atoms with Crippen LogP contribution in [-0.4, -0.2) is 28.8 Å². The summed E-state index contributed by atoms with van der Waals surface area (Å²) < 4.78 is 8.63. The summed E-state index contributed by atoms with van der Waals surface area (Å²) in [6.45, 7) is 0. The molecule has 1 amide bonds. The number of carbonyl (C=O) groups is 1. The number of hydrogen-bond acceptors (Lipinski definition) is 3. The summed E-state index contributed by atoms with van der Waals surface area (Å²) in [6, 6.07) is 12.8. The number of nitrogens with one attached hydrogen (secondary N) is 1. The van der Waals surface area contributed by atoms with Gasteiger partial charge in [-0.05, 0) is 0 Å². The van der Waals surface area contributed by atoms with Crippen molar-refractivity contribution in [3.05, 3.63) is 53.6 Å². The van der Waals surface area contributed by atoms with E-state index in [2.05, 4.69) is 13.3 Å². The standard InChI is InChI=1S/C14H10ClN3OSe/c15-8-9-4-6-10(7-5-9)14(19)16-11-2-1-3-12-13(11)18-20-17-12/h1-7H,8H2,(H,16,19). The molecule has 0 aliphatic carbocycles. The number of anilines is 1. The number of carbonyl (C=O) groups excluding carboxylic acids is 1. The molecule has 0 spiro atoms. The fourth-order valence-electron chi connectivity index (χ4n) is 1.85. The Hall–Kier alpha value is -1.68. The molecule has 0 unspecified atom stereocenters. The van der Waals surface area contributed by atoms with Gasteiger partial charge in [-0.25, -0.2) is 0 Å². The van der Waals surface area contributed by atoms with Crippen LogP contribution >= 0.6 is 11.6 Å². The molecule has 0 bridgehead atoms. The summed E-state index contributed by atoms with van der Waals surface area (Å²) >= 11 is 5.62. The molecule has 0 atom stereocenters. The average Bonchev–Trinajstić information content (AvgIpc) is 2.97. The molecule has 1 aromatic heterocycles. The van der Waals surface area contributed by atoms with E-state index in [9.17, 15) is 4.79 Å². The molecular weight excluding hydrogens is 341 g/mol. The van der Waals surface area contributed by atoms with Crippen molar-refractivity contribution in [2.75, 3.05) is 5.32 Å². The zero-order valence-corrected chi connectivity index (χ0v) is 12.8. The Morgan fingerprint density at radius 2 is 1.95 bits per heavy atom. The van der Waals surface area contributed by atoms with E-state index in [4.69, 9.17) is 11.6 Å². The van der Waals surface area contributed by atoms with E-state index < -0.39 is 0 Å². The first-order chi connectivity index (χ1) is 9.78. The van der Waals surface area contributed by atoms with Crippen LogP contribution in [0.15, 0.2) is 42.5 Å². The Kier molecular flexibility index (Phi) is 3.83. The van der Waals surface area contributed by atoms with Crippen LogP contribution in [0.1, 0.15) is 15.9 Å². The van der Waals surface area contributed by atoms with Crippen LogP contribution in [-0.2, 0) is 5.88 Å². The van der Waals surface area contributed by atoms with Crippen molar-refractivity contribution in [3.8, 4) is 0 Å². The van der Waals surface area contributed by atoms with Gasteiger partial charge in [-0.15, -0.1) is 0 Å². The maximum absolute atomic E-state index is 12.2. The quantitative estimate of drug-likeness (QED) is 0.583. The number of halogens is 1. The van der Waals surface area contributed by atoms with Gasteiger partial charge in [-0.1, -0.05) is 0 Å². The summed E-state index contributed by atoms with van der Waals surface area (Å²) in [5, 5.41) is 2.88. The van der Waals surface area contributed by atoms with Crippen molar-refractivity contribution >= 4 is 49.2 Å². The van der Waals surface area contributed by atoms with Crippen LogP contribution in [0.2, 0.25) is 0 Å². The minimum absolute atomic E-state index is 0.106. The molecule has 100 valence electrons. The van der Waals surface area contributed by atoms with Gasteiger partial charge in [0.25, 0.3) is 0 Å². The van der Waals surface area contributed by atoms with Gasteiger partial charge in [0.1, 0.15) is 0 Å². The summed E-state index contributed by atoms with van der Waals surface area (Å²) in [5.74, 6) is 0.283. The van der Waals surface area contributed by atoms with Gasteiger partial charge in [-0.2, -0.15) is 0 Å². The van der Waals surface area contributed by atoms with Crippen LogP contribution in [0.4, 0.5) is 5.69 Å². The fourth-order valence-corrected chi connectivity index (χ4v) is 3.18. The second kappa shape index (κ2) is 5.75. The van der Waals surface area contributed by atoms with Crippen LogP contribution in [0.25, 0.3) is 11.0 Å². The molecule has 0 saturated carbocycles. The maximum atomic E-state index is 12.2. The first kappa shape index (κ1) is 13.3. The van der Waals surface area contributed by atoms with E-state index in [-0.39, 0.29) is 20.9 Å². The van der Waals surface area contributed by atoms with Crippen LogP contribution in [0.3, 0.4) is 0 Å². The van der Waals surface area contributed by atoms with Gasteiger partial charge in [-0.3, -0.25) is 0 Å². The van der Waals surface area contributed by atoms with E-state index in [1.54, 1.807) is 12.1 Å². The molecule has 3 rings (SSSR count). The topological polar surface area (TPSA) is 54.9 Å². The molecule has 1 heterocycles. The van der Waals surface area contributed by atoms with Crippen LogP contribution in [0, 0.1) is 0 Å². The number of rotatable bonds is 3. The third-order valence-corrected chi connectivity index (χ3v) is 4.35. The number of nitrogens with zero attached hydrogens (tertiary/aromatic N) is 2. The Balaban J connectivity index is 1.86. The molecule has 6 heteroatoms. The van der Waals surface area contributed by atoms with Gasteiger partial charge in [0.15, 0.2) is 0 Å². The van der Waals surface area contributed by atoms with Gasteiger partial charge < -0.3 is 0 Å². The molecule has 0 radical (unpaired) electrons. The first-order valence-corrected chi connectivity index (χ1v) is 8.02. The molecule has 0 saturated heterocycles. The third-order valence-electron chi connectivity index (χ3n) is 2.90. The van der Waals surface area contributed by atoms with E-state index in [1.165, 1.54) is 0 Å². The summed E-state index contributed by atoms with van der Waals surface area (Å²) in [6.07, 6.45) is 0. The Bertz CT molecular complexity index is 754. The van der Waals surface area contributed by atoms with Crippen molar-refractivity contribution in [3.63, 3.8) is 0 Å². The van der Waals surface area contributed by atoms with Gasteiger partial charge in [0.2, 0.25) is 0 Å². The molecular formula is C14H10ClN3OSe. The molecule has 20 heavy (non-hydrogen) atoms. The van der Waals surface area contributed by atoms with Gasteiger partial charge in [0.05, 0.1) is 0 Å². The number of hydrogen-bond donors (Lipinski definition) is 1. The molecule has 0 aliphatic heterocycles. The van der Waals surface area contributed by atoms with Crippen molar-refractivity contribution in [1.82, 2.24) is 7.96 Å². The van der Waals surface area contributed by atoms with Gasteiger partial charge in [0, 0.05) is 0 Å². The van der Waals surface area contributed by atoms with Crippen molar-refractivity contribution in [1.29, 1.82) is 0 Å². The molecule has 3 aromatic rings. The number of benzene rings is 2. The number of amides is 1. The predicted molar refractivity (Wildman–Crippen MR) is 80.4 cm³/mol. The third kappa shape index (κ3) is 2.61. The fraction of sp³-hybridized carbons (Fsp3) is 0.0714. The number of fused-ring (bicyclic) bond motifs is 1. The molecule has 4 nitrogen and oxygen atoms in total. The normalized spacial score (nSPS) is 10.7. The van der Waals surface area contributed by atoms with Crippen LogP contribution < -0.4 is 5.32 Å². The molecule has 0 fully saturated rings. The van der Waals surface area contributed by atoms with Crippen molar-refractivity contribution < 1.29 is 4.79 Å². The molecule has 2 aromatic carbocycles. The van der Waals surface area contributed by atoms with E-state index >= 15 is 0 Å². The Morgan fingerprint density at radius 1 is 1.15 bits per heavy atom. The summed E-state index contributed by atoms with van der Waals surface area (Å²) in [4.78, 5) is 12.2. The predicted octanol–water partition coefficient (Wildman–Crippen LogP) is 2.68. The monoisotopic (exact) mass is 351 g/mol. The van der Waals surface area contributed by atoms with E-state index in [1.807, 2.05) is 30.3 Å². The second-order valence-corrected chi connectivity index (χ2v) is 5.60. The van der Waals surface area contributed by atoms with Gasteiger partial charge >= 0.3 is 127 Å². The molecule has 0 aliphatic rings. The number of aromatic nitrogens is 2. The van der Waals surface area contributed by atoms with E-state index in [0.29, 0.717) is 17.1 Å². The van der Waals surface area contributed by atoms with Crippen molar-refractivity contribution in [2.24, 2.45) is 0 Å². The molecule has 1 N–H and O–H groups in total. The SMILES string of the molecule is O=C(Nc1cccc2n[se]nc12)c1ccc(CCl)cc1. The number of alkyl halides is 1. The van der Waals surface area contributed by atoms with Crippen LogP contribution in [0.5, 0.6) is 0 Å². The van der Waals surface area contributed by atoms with E-state index in [0.717, 1.165) is 16.6 Å². The second-order valence-electron chi connectivity index (χ2n) is 4.22. The summed E-state index contributed by atoms with van der Waals surface area (Å²) in [7, 11) is 0. The zero-order valence-electron chi connectivity index (χ0n) is 10.3. The summed E-state index contributed by atoms with van der Waals surface area (Å²) in [5.41, 5.74) is 3.91. The minimum atomic E-state index is -0.158. The first-order valence-electron chi connectivity index (χ1n) is 5.95. The average molecular weight is 351 g/mol. The Labute approximate surface area is 127 Å². The Morgan fingerprint density at radius 3 is 2.70 bits per heavy atom. The van der Waals surface area contributed by atoms with Crippen molar-refractivity contribution in [2.45, 2.75) is 5.88 Å². The zero-order chi connectivity index (χ0) is 13.9.